The van der Waals surface area contributed by atoms with Crippen molar-refractivity contribution in [2.45, 2.75) is 37.9 Å². The monoisotopic (exact) mass is 450 g/mol. The summed E-state index contributed by atoms with van der Waals surface area (Å²) in [5, 5.41) is 0. The smallest absolute Gasteiger partial charge is 0.320 e. The van der Waals surface area contributed by atoms with Crippen LogP contribution < -0.4 is 5.73 Å². The Morgan fingerprint density at radius 2 is 2.06 bits per heavy atom. The molecule has 8 heteroatoms. The number of nitrogens with zero attached hydrogens (tertiary/aromatic N) is 1. The van der Waals surface area contributed by atoms with Gasteiger partial charge in [-0.1, -0.05) is 48.8 Å². The molecule has 2 N–H and O–H groups in total. The molecular formula is C23H25F3N2O2S. The first kappa shape index (κ1) is 24.6. The van der Waals surface area contributed by atoms with Crippen LogP contribution in [-0.2, 0) is 14.5 Å². The highest BCUT2D eigenvalue weighted by atomic mass is 32.2. The maximum atomic E-state index is 13.7. The van der Waals surface area contributed by atoms with Gasteiger partial charge >= 0.3 is 6.18 Å². The molecule has 0 radical (unpaired) electrons. The number of nitrogens with two attached hydrogens (primary N) is 1. The van der Waals surface area contributed by atoms with Crippen molar-refractivity contribution in [1.82, 2.24) is 0 Å². The van der Waals surface area contributed by atoms with E-state index in [-0.39, 0.29) is 23.5 Å². The molecular weight excluding hydrogens is 425 g/mol. The van der Waals surface area contributed by atoms with Crippen LogP contribution in [0.1, 0.15) is 36.8 Å². The minimum Gasteiger partial charge on any atom is -0.320 e. The molecule has 3 atom stereocenters. The number of hydrogen-bond donors (Lipinski definition) is 1. The zero-order valence-corrected chi connectivity index (χ0v) is 18.0. The van der Waals surface area contributed by atoms with Gasteiger partial charge in [0, 0.05) is 22.6 Å². The summed E-state index contributed by atoms with van der Waals surface area (Å²) in [5.41, 5.74) is 6.92. The van der Waals surface area contributed by atoms with Crippen molar-refractivity contribution in [3.8, 4) is 11.8 Å². The topological polar surface area (TPSA) is 72.5 Å². The third-order valence-corrected chi connectivity index (χ3v) is 7.09. The standard InChI is InChI=1S/C23H25F3N2O2S/c1-3-5-6-17(4-2)7-8-18-9-11-19(12-10-18)20(23(24,25)26)13-15-31(30)16-14-21(27)22(29)28-31/h3-6,9-12,20-21H,1,13-16,27H2,2H3/b6-5-,17-4+. The first-order valence-corrected chi connectivity index (χ1v) is 11.6. The predicted octanol–water partition coefficient (Wildman–Crippen LogP) is 4.49. The molecule has 1 aromatic rings. The largest absolute Gasteiger partial charge is 0.395 e. The number of rotatable bonds is 6. The van der Waals surface area contributed by atoms with Crippen LogP contribution in [0.15, 0.2) is 65.1 Å². The van der Waals surface area contributed by atoms with E-state index in [0.29, 0.717) is 5.56 Å². The van der Waals surface area contributed by atoms with Crippen molar-refractivity contribution < 1.29 is 22.2 Å². The van der Waals surface area contributed by atoms with Crippen LogP contribution in [0.5, 0.6) is 0 Å². The average molecular weight is 451 g/mol. The molecule has 1 aliphatic heterocycles. The third kappa shape index (κ3) is 7.23. The fraction of sp³-hybridized carbons (Fsp3) is 0.348. The fourth-order valence-corrected chi connectivity index (χ4v) is 5.08. The van der Waals surface area contributed by atoms with E-state index >= 15 is 0 Å². The maximum Gasteiger partial charge on any atom is 0.395 e. The summed E-state index contributed by atoms with van der Waals surface area (Å²) >= 11 is 0. The summed E-state index contributed by atoms with van der Waals surface area (Å²) in [5.74, 6) is 3.07. The normalized spacial score (nSPS) is 23.1. The number of halogens is 3. The molecule has 1 heterocycles. The molecule has 0 saturated heterocycles. The first-order chi connectivity index (χ1) is 14.6. The van der Waals surface area contributed by atoms with E-state index in [0.717, 1.165) is 5.57 Å². The van der Waals surface area contributed by atoms with Crippen molar-refractivity contribution in [3.63, 3.8) is 0 Å². The minimum absolute atomic E-state index is 0.0343. The molecule has 2 rings (SSSR count). The lowest BCUT2D eigenvalue weighted by atomic mass is 9.95. The Morgan fingerprint density at radius 3 is 2.61 bits per heavy atom. The lowest BCUT2D eigenvalue weighted by Crippen LogP contribution is -2.37. The second kappa shape index (κ2) is 10.6. The van der Waals surface area contributed by atoms with Gasteiger partial charge < -0.3 is 5.73 Å². The zero-order valence-electron chi connectivity index (χ0n) is 17.2. The van der Waals surface area contributed by atoms with Crippen LogP contribution in [0.2, 0.25) is 0 Å². The van der Waals surface area contributed by atoms with Gasteiger partial charge in [-0.05, 0) is 43.5 Å². The molecule has 4 nitrogen and oxygen atoms in total. The SMILES string of the molecule is C=C/C=C\C(C#Cc1ccc(C(CCS2(=O)=NC(=O)C(N)CC2)C(F)(F)F)cc1)=C/C. The van der Waals surface area contributed by atoms with Gasteiger partial charge in [0.25, 0.3) is 5.91 Å². The van der Waals surface area contributed by atoms with Gasteiger partial charge in [-0.2, -0.15) is 17.5 Å². The van der Waals surface area contributed by atoms with E-state index < -0.39 is 40.2 Å². The molecule has 1 aromatic carbocycles. The fourth-order valence-electron chi connectivity index (χ4n) is 3.01. The lowest BCUT2D eigenvalue weighted by molar-refractivity contribution is -0.150. The number of carbonyl (C=O) groups excluding carboxylic acids is 1. The van der Waals surface area contributed by atoms with Gasteiger partial charge in [-0.25, -0.2) is 4.21 Å². The van der Waals surface area contributed by atoms with Crippen molar-refractivity contribution in [3.05, 3.63) is 71.8 Å². The number of allylic oxidation sites excluding steroid dienone is 5. The Morgan fingerprint density at radius 1 is 1.39 bits per heavy atom. The Kier molecular flexibility index (Phi) is 8.43. The number of benzene rings is 1. The number of alkyl halides is 3. The Labute approximate surface area is 181 Å². The number of carbonyl (C=O) groups is 1. The Bertz CT molecular complexity index is 1050. The second-order valence-corrected chi connectivity index (χ2v) is 9.64. The molecule has 0 fully saturated rings. The Balaban J connectivity index is 2.20. The van der Waals surface area contributed by atoms with Crippen molar-refractivity contribution in [2.75, 3.05) is 11.5 Å². The van der Waals surface area contributed by atoms with Crippen LogP contribution in [0.4, 0.5) is 13.2 Å². The van der Waals surface area contributed by atoms with E-state index in [2.05, 4.69) is 22.8 Å². The van der Waals surface area contributed by atoms with E-state index in [4.69, 9.17) is 5.73 Å². The molecule has 0 aliphatic carbocycles. The molecule has 3 unspecified atom stereocenters. The summed E-state index contributed by atoms with van der Waals surface area (Å²) in [7, 11) is -3.02. The van der Waals surface area contributed by atoms with Crippen molar-refractivity contribution in [2.24, 2.45) is 10.1 Å². The van der Waals surface area contributed by atoms with Gasteiger partial charge in [0.1, 0.15) is 0 Å². The molecule has 0 aromatic heterocycles. The van der Waals surface area contributed by atoms with Gasteiger partial charge in [-0.15, -0.1) is 0 Å². The van der Waals surface area contributed by atoms with Crippen LogP contribution >= 0.6 is 0 Å². The second-order valence-electron chi connectivity index (χ2n) is 7.10. The van der Waals surface area contributed by atoms with Crippen LogP contribution in [0, 0.1) is 11.8 Å². The minimum atomic E-state index is -4.52. The summed E-state index contributed by atoms with van der Waals surface area (Å²) in [6, 6.07) is 4.99. The molecule has 1 aliphatic rings. The molecule has 0 saturated carbocycles. The molecule has 31 heavy (non-hydrogen) atoms. The van der Waals surface area contributed by atoms with E-state index in [1.165, 1.54) is 24.3 Å². The van der Waals surface area contributed by atoms with E-state index in [1.54, 1.807) is 18.2 Å². The molecule has 0 bridgehead atoms. The highest BCUT2D eigenvalue weighted by Crippen LogP contribution is 2.38. The summed E-state index contributed by atoms with van der Waals surface area (Å²) in [6.07, 6.45) is 2.18. The van der Waals surface area contributed by atoms with Crippen LogP contribution in [0.3, 0.4) is 0 Å². The predicted molar refractivity (Wildman–Crippen MR) is 118 cm³/mol. The first-order valence-electron chi connectivity index (χ1n) is 9.74. The van der Waals surface area contributed by atoms with Gasteiger partial charge in [0.15, 0.2) is 0 Å². The quantitative estimate of drug-likeness (QED) is 0.513. The van der Waals surface area contributed by atoms with Crippen LogP contribution in [0.25, 0.3) is 0 Å². The summed E-state index contributed by atoms with van der Waals surface area (Å²) in [6.45, 7) is 5.42. The van der Waals surface area contributed by atoms with Gasteiger partial charge in [0.05, 0.1) is 21.7 Å². The maximum absolute atomic E-state index is 13.7. The third-order valence-electron chi connectivity index (χ3n) is 4.83. The summed E-state index contributed by atoms with van der Waals surface area (Å²) in [4.78, 5) is 11.6. The summed E-state index contributed by atoms with van der Waals surface area (Å²) < 4.78 is 57.3. The highest BCUT2D eigenvalue weighted by Gasteiger charge is 2.41. The number of hydrogen-bond acceptors (Lipinski definition) is 3. The highest BCUT2D eigenvalue weighted by molar-refractivity contribution is 7.93. The van der Waals surface area contributed by atoms with Gasteiger partial charge in [0.2, 0.25) is 0 Å². The average Bonchev–Trinajstić information content (AvgIpc) is 2.71. The zero-order chi connectivity index (χ0) is 23.1. The van der Waals surface area contributed by atoms with E-state index in [9.17, 15) is 22.2 Å². The van der Waals surface area contributed by atoms with Crippen molar-refractivity contribution >= 4 is 15.6 Å². The van der Waals surface area contributed by atoms with Crippen LogP contribution in [-0.4, -0.2) is 33.8 Å². The lowest BCUT2D eigenvalue weighted by Gasteiger charge is -2.23. The molecule has 0 spiro atoms. The molecule has 1 amide bonds. The molecule has 166 valence electrons. The van der Waals surface area contributed by atoms with Crippen molar-refractivity contribution in [1.29, 1.82) is 0 Å². The Hall–Kier alpha value is -2.63. The number of amides is 1. The van der Waals surface area contributed by atoms with E-state index in [1.807, 2.05) is 13.0 Å². The van der Waals surface area contributed by atoms with Gasteiger partial charge in [-0.3, -0.25) is 4.79 Å².